The first-order valence-corrected chi connectivity index (χ1v) is 10.1. The van der Waals surface area contributed by atoms with E-state index in [9.17, 15) is 0 Å². The maximum Gasteiger partial charge on any atom is 0.118 e. The lowest BCUT2D eigenvalue weighted by atomic mass is 9.87. The third-order valence-corrected chi connectivity index (χ3v) is 6.31. The van der Waals surface area contributed by atoms with E-state index in [4.69, 9.17) is 4.98 Å². The van der Waals surface area contributed by atoms with Crippen molar-refractivity contribution < 1.29 is 0 Å². The number of para-hydroxylation sites is 1. The molecule has 0 saturated carbocycles. The summed E-state index contributed by atoms with van der Waals surface area (Å²) in [6, 6.07) is 21.3. The third kappa shape index (κ3) is 3.81. The molecule has 4 heteroatoms. The van der Waals surface area contributed by atoms with Crippen LogP contribution in [0.5, 0.6) is 0 Å². The summed E-state index contributed by atoms with van der Waals surface area (Å²) in [6.07, 6.45) is 2.14. The molecule has 26 heavy (non-hydrogen) atoms. The number of thiazole rings is 1. The molecule has 1 N–H and O–H groups in total. The Kier molecular flexibility index (Phi) is 5.05. The van der Waals surface area contributed by atoms with Gasteiger partial charge in [-0.1, -0.05) is 48.5 Å². The van der Waals surface area contributed by atoms with Gasteiger partial charge in [-0.05, 0) is 37.5 Å². The largest absolute Gasteiger partial charge is 0.373 e. The van der Waals surface area contributed by atoms with E-state index in [0.717, 1.165) is 38.2 Å². The highest BCUT2D eigenvalue weighted by atomic mass is 32.1. The zero-order valence-electron chi connectivity index (χ0n) is 15.2. The minimum Gasteiger partial charge on any atom is -0.373 e. The Morgan fingerprint density at radius 2 is 1.65 bits per heavy atom. The molecule has 3 aromatic rings. The summed E-state index contributed by atoms with van der Waals surface area (Å²) in [7, 11) is 0. The van der Waals surface area contributed by atoms with Gasteiger partial charge < -0.3 is 5.32 Å². The average Bonchev–Trinajstić information content (AvgIpc) is 3.12. The molecule has 0 atom stereocenters. The fourth-order valence-electron chi connectivity index (χ4n) is 3.70. The summed E-state index contributed by atoms with van der Waals surface area (Å²) in [5.74, 6) is 0. The highest BCUT2D eigenvalue weighted by Crippen LogP contribution is 2.38. The minimum atomic E-state index is -0.0620. The number of nitrogens with one attached hydrogen (secondary N) is 1. The van der Waals surface area contributed by atoms with Gasteiger partial charge in [0, 0.05) is 36.4 Å². The molecule has 3 nitrogen and oxygen atoms in total. The van der Waals surface area contributed by atoms with Crippen LogP contribution in [0.1, 0.15) is 29.1 Å². The number of nitrogens with zero attached hydrogens (tertiary/aromatic N) is 2. The molecule has 0 spiro atoms. The van der Waals surface area contributed by atoms with Crippen molar-refractivity contribution in [1.82, 2.24) is 9.88 Å². The van der Waals surface area contributed by atoms with Gasteiger partial charge in [-0.15, -0.1) is 11.3 Å². The molecule has 0 amide bonds. The van der Waals surface area contributed by atoms with Crippen LogP contribution in [0.15, 0.2) is 66.0 Å². The van der Waals surface area contributed by atoms with Crippen LogP contribution in [0.4, 0.5) is 5.69 Å². The quantitative estimate of drug-likeness (QED) is 0.687. The fraction of sp³-hybridized carbons (Fsp3) is 0.318. The summed E-state index contributed by atoms with van der Waals surface area (Å²) in [6.45, 7) is 5.26. The van der Waals surface area contributed by atoms with Crippen LogP contribution in [0.25, 0.3) is 0 Å². The first-order chi connectivity index (χ1) is 12.7. The van der Waals surface area contributed by atoms with Crippen molar-refractivity contribution in [2.24, 2.45) is 0 Å². The molecule has 0 unspecified atom stereocenters. The van der Waals surface area contributed by atoms with Crippen LogP contribution < -0.4 is 5.32 Å². The Hall–Kier alpha value is -2.17. The second-order valence-corrected chi connectivity index (χ2v) is 7.99. The van der Waals surface area contributed by atoms with E-state index in [1.54, 1.807) is 11.3 Å². The monoisotopic (exact) mass is 363 g/mol. The van der Waals surface area contributed by atoms with E-state index >= 15 is 0 Å². The molecule has 1 aliphatic heterocycles. The van der Waals surface area contributed by atoms with Gasteiger partial charge in [0.2, 0.25) is 0 Å². The predicted molar refractivity (Wildman–Crippen MR) is 110 cm³/mol. The van der Waals surface area contributed by atoms with Crippen molar-refractivity contribution in [1.29, 1.82) is 0 Å². The number of aryl methyl sites for hydroxylation is 1. The molecule has 134 valence electrons. The zero-order chi connectivity index (χ0) is 17.8. The molecular formula is C22H25N3S. The molecule has 1 aliphatic rings. The Balaban J connectivity index is 1.52. The molecule has 1 saturated heterocycles. The van der Waals surface area contributed by atoms with Crippen LogP contribution in [0.2, 0.25) is 0 Å². The van der Waals surface area contributed by atoms with Gasteiger partial charge in [-0.25, -0.2) is 4.98 Å². The molecule has 1 aromatic heterocycles. The predicted octanol–water partition coefficient (Wildman–Crippen LogP) is 5.05. The molecular weight excluding hydrogens is 338 g/mol. The van der Waals surface area contributed by atoms with Crippen LogP contribution >= 0.6 is 11.3 Å². The standard InChI is InChI=1S/C22H25N3S/c1-18-17-26-21(23-18)22(24-20-10-6-3-7-11-20)12-14-25(15-13-22)16-19-8-4-2-5-9-19/h2-11,17,24H,12-16H2,1H3. The summed E-state index contributed by atoms with van der Waals surface area (Å²) in [5, 5.41) is 7.22. The molecule has 0 aliphatic carbocycles. The smallest absolute Gasteiger partial charge is 0.118 e. The Morgan fingerprint density at radius 1 is 1.00 bits per heavy atom. The average molecular weight is 364 g/mol. The lowest BCUT2D eigenvalue weighted by Crippen LogP contribution is -2.46. The summed E-state index contributed by atoms with van der Waals surface area (Å²) < 4.78 is 0. The van der Waals surface area contributed by atoms with Gasteiger partial charge >= 0.3 is 0 Å². The van der Waals surface area contributed by atoms with E-state index in [0.29, 0.717) is 0 Å². The van der Waals surface area contributed by atoms with E-state index in [1.807, 2.05) is 0 Å². The molecule has 2 aromatic carbocycles. The second kappa shape index (κ2) is 7.60. The number of piperidine rings is 1. The maximum atomic E-state index is 4.85. The molecule has 1 fully saturated rings. The van der Waals surface area contributed by atoms with E-state index in [2.05, 4.69) is 83.2 Å². The van der Waals surface area contributed by atoms with Crippen molar-refractivity contribution in [3.63, 3.8) is 0 Å². The van der Waals surface area contributed by atoms with Gasteiger partial charge in [-0.2, -0.15) is 0 Å². The van der Waals surface area contributed by atoms with Gasteiger partial charge in [0.15, 0.2) is 0 Å². The van der Waals surface area contributed by atoms with Crippen molar-refractivity contribution in [2.45, 2.75) is 31.8 Å². The van der Waals surface area contributed by atoms with Crippen LogP contribution in [0, 0.1) is 6.92 Å². The van der Waals surface area contributed by atoms with E-state index in [-0.39, 0.29) is 5.54 Å². The van der Waals surface area contributed by atoms with Gasteiger partial charge in [0.25, 0.3) is 0 Å². The Labute approximate surface area is 159 Å². The van der Waals surface area contributed by atoms with Crippen LogP contribution in [-0.2, 0) is 12.1 Å². The lowest BCUT2D eigenvalue weighted by Gasteiger charge is -2.42. The lowest BCUT2D eigenvalue weighted by molar-refractivity contribution is 0.166. The number of likely N-dealkylation sites (tertiary alicyclic amines) is 1. The van der Waals surface area contributed by atoms with Crippen LogP contribution in [-0.4, -0.2) is 23.0 Å². The highest BCUT2D eigenvalue weighted by Gasteiger charge is 2.38. The van der Waals surface area contributed by atoms with E-state index < -0.39 is 0 Å². The number of hydrogen-bond donors (Lipinski definition) is 1. The molecule has 2 heterocycles. The highest BCUT2D eigenvalue weighted by molar-refractivity contribution is 7.09. The van der Waals surface area contributed by atoms with Crippen molar-refractivity contribution in [3.05, 3.63) is 82.3 Å². The molecule has 4 rings (SSSR count). The first-order valence-electron chi connectivity index (χ1n) is 9.26. The summed E-state index contributed by atoms with van der Waals surface area (Å²) in [5.41, 5.74) is 3.62. The number of rotatable bonds is 5. The minimum absolute atomic E-state index is 0.0620. The fourth-order valence-corrected chi connectivity index (χ4v) is 4.71. The number of hydrogen-bond acceptors (Lipinski definition) is 4. The summed E-state index contributed by atoms with van der Waals surface area (Å²) >= 11 is 1.79. The number of benzene rings is 2. The van der Waals surface area contributed by atoms with Crippen LogP contribution in [0.3, 0.4) is 0 Å². The topological polar surface area (TPSA) is 28.2 Å². The Morgan fingerprint density at radius 3 is 2.27 bits per heavy atom. The summed E-state index contributed by atoms with van der Waals surface area (Å²) in [4.78, 5) is 7.41. The third-order valence-electron chi connectivity index (χ3n) is 5.14. The maximum absolute atomic E-state index is 4.85. The SMILES string of the molecule is Cc1csc(C2(Nc3ccccc3)CCN(Cc3ccccc3)CC2)n1. The van der Waals surface area contributed by atoms with Crippen molar-refractivity contribution >= 4 is 17.0 Å². The molecule has 0 bridgehead atoms. The normalized spacial score (nSPS) is 17.1. The van der Waals surface area contributed by atoms with E-state index in [1.165, 1.54) is 16.3 Å². The number of anilines is 1. The van der Waals surface area contributed by atoms with Gasteiger partial charge in [0.05, 0.1) is 5.54 Å². The zero-order valence-corrected chi connectivity index (χ0v) is 16.0. The van der Waals surface area contributed by atoms with Crippen molar-refractivity contribution in [2.75, 3.05) is 18.4 Å². The van der Waals surface area contributed by atoms with Gasteiger partial charge in [0.1, 0.15) is 5.01 Å². The van der Waals surface area contributed by atoms with Crippen molar-refractivity contribution in [3.8, 4) is 0 Å². The molecule has 0 radical (unpaired) electrons. The second-order valence-electron chi connectivity index (χ2n) is 7.13. The Bertz CT molecular complexity index is 821. The number of aromatic nitrogens is 1. The van der Waals surface area contributed by atoms with Gasteiger partial charge in [-0.3, -0.25) is 4.90 Å². The first kappa shape index (κ1) is 17.3.